The predicted octanol–water partition coefficient (Wildman–Crippen LogP) is 5.13. The second-order valence-electron chi connectivity index (χ2n) is 6.44. The van der Waals surface area contributed by atoms with Gasteiger partial charge in [-0.1, -0.05) is 30.9 Å². The zero-order valence-corrected chi connectivity index (χ0v) is 15.9. The summed E-state index contributed by atoms with van der Waals surface area (Å²) in [6.07, 6.45) is 9.50. The number of rotatable bonds is 3. The van der Waals surface area contributed by atoms with Gasteiger partial charge in [-0.3, -0.25) is 9.88 Å². The van der Waals surface area contributed by atoms with Gasteiger partial charge in [-0.25, -0.2) is 9.98 Å². The summed E-state index contributed by atoms with van der Waals surface area (Å²) in [7, 11) is 0. The van der Waals surface area contributed by atoms with Crippen molar-refractivity contribution in [2.45, 2.75) is 38.1 Å². The minimum atomic E-state index is 0.348. The van der Waals surface area contributed by atoms with Gasteiger partial charge < -0.3 is 5.73 Å². The third-order valence-electron chi connectivity index (χ3n) is 4.73. The van der Waals surface area contributed by atoms with Gasteiger partial charge in [-0.05, 0) is 37.1 Å². The molecule has 0 unspecified atom stereocenters. The molecule has 2 heterocycles. The van der Waals surface area contributed by atoms with Crippen molar-refractivity contribution >= 4 is 50.6 Å². The van der Waals surface area contributed by atoms with E-state index in [-0.39, 0.29) is 0 Å². The minimum Gasteiger partial charge on any atom is -0.369 e. The molecular formula is C19H20ClN5S. The molecule has 1 aliphatic carbocycles. The van der Waals surface area contributed by atoms with Crippen LogP contribution in [0.5, 0.6) is 0 Å². The van der Waals surface area contributed by atoms with Gasteiger partial charge in [-0.2, -0.15) is 0 Å². The molecule has 0 spiro atoms. The number of fused-ring (bicyclic) bond motifs is 1. The second-order valence-corrected chi connectivity index (χ2v) is 7.75. The van der Waals surface area contributed by atoms with Crippen LogP contribution in [0.15, 0.2) is 47.0 Å². The Hall–Kier alpha value is -2.18. The number of guanidine groups is 1. The molecular weight excluding hydrogens is 366 g/mol. The fraction of sp³-hybridized carbons (Fsp3) is 0.316. The van der Waals surface area contributed by atoms with Crippen LogP contribution in [0.2, 0.25) is 5.02 Å². The van der Waals surface area contributed by atoms with E-state index < -0.39 is 0 Å². The molecule has 4 rings (SSSR count). The summed E-state index contributed by atoms with van der Waals surface area (Å²) in [5, 5.41) is 4.47. The summed E-state index contributed by atoms with van der Waals surface area (Å²) < 4.78 is 0. The molecule has 3 aromatic rings. The first-order chi connectivity index (χ1) is 12.7. The Bertz CT molecular complexity index is 919. The second kappa shape index (κ2) is 7.60. The normalized spacial score (nSPS) is 16.1. The Balaban J connectivity index is 1.74. The Morgan fingerprint density at radius 2 is 2.00 bits per heavy atom. The molecule has 0 amide bonds. The number of thiazole rings is 1. The van der Waals surface area contributed by atoms with Crippen molar-refractivity contribution < 1.29 is 0 Å². The number of halogens is 1. The van der Waals surface area contributed by atoms with Crippen LogP contribution >= 0.6 is 22.9 Å². The van der Waals surface area contributed by atoms with E-state index in [2.05, 4.69) is 14.9 Å². The molecule has 2 N–H and O–H groups in total. The highest BCUT2D eigenvalue weighted by atomic mass is 35.5. The van der Waals surface area contributed by atoms with E-state index in [0.717, 1.165) is 34.6 Å². The van der Waals surface area contributed by atoms with E-state index in [1.165, 1.54) is 19.3 Å². The standard InChI is InChI=1S/C19H20ClN5S/c20-13-6-7-15-16(8-9-22-17(15)12-13)24-18(21)25(19-23-10-11-26-19)14-4-2-1-3-5-14/h6-12,14H,1-5H2,(H2,21,22,24). The highest BCUT2D eigenvalue weighted by Gasteiger charge is 2.26. The van der Waals surface area contributed by atoms with Gasteiger partial charge in [0.05, 0.1) is 11.2 Å². The lowest BCUT2D eigenvalue weighted by atomic mass is 9.94. The van der Waals surface area contributed by atoms with E-state index in [4.69, 9.17) is 22.3 Å². The monoisotopic (exact) mass is 385 g/mol. The third-order valence-corrected chi connectivity index (χ3v) is 5.73. The summed E-state index contributed by atoms with van der Waals surface area (Å²) in [6.45, 7) is 0. The summed E-state index contributed by atoms with van der Waals surface area (Å²) in [4.78, 5) is 15.7. The molecule has 1 aliphatic rings. The van der Waals surface area contributed by atoms with Crippen molar-refractivity contribution in [2.75, 3.05) is 4.90 Å². The lowest BCUT2D eigenvalue weighted by molar-refractivity contribution is 0.439. The highest BCUT2D eigenvalue weighted by molar-refractivity contribution is 7.13. The lowest BCUT2D eigenvalue weighted by Crippen LogP contribution is -2.45. The fourth-order valence-corrected chi connectivity index (χ4v) is 4.38. The number of anilines is 1. The lowest BCUT2D eigenvalue weighted by Gasteiger charge is -2.33. The van der Waals surface area contributed by atoms with Crippen molar-refractivity contribution in [1.29, 1.82) is 0 Å². The maximum absolute atomic E-state index is 6.49. The summed E-state index contributed by atoms with van der Waals surface area (Å²) in [5.41, 5.74) is 8.09. The highest BCUT2D eigenvalue weighted by Crippen LogP contribution is 2.31. The zero-order valence-electron chi connectivity index (χ0n) is 14.3. The number of nitrogens with two attached hydrogens (primary N) is 1. The van der Waals surface area contributed by atoms with Crippen LogP contribution in [0.4, 0.5) is 10.8 Å². The van der Waals surface area contributed by atoms with Gasteiger partial charge in [0.15, 0.2) is 5.13 Å². The smallest absolute Gasteiger partial charge is 0.203 e. The fourth-order valence-electron chi connectivity index (χ4n) is 3.50. The van der Waals surface area contributed by atoms with Crippen LogP contribution in [0.3, 0.4) is 0 Å². The van der Waals surface area contributed by atoms with Crippen molar-refractivity contribution in [3.05, 3.63) is 47.1 Å². The molecule has 7 heteroatoms. The van der Waals surface area contributed by atoms with E-state index in [0.29, 0.717) is 17.0 Å². The first-order valence-corrected chi connectivity index (χ1v) is 10.1. The molecule has 0 radical (unpaired) electrons. The van der Waals surface area contributed by atoms with E-state index in [9.17, 15) is 0 Å². The van der Waals surface area contributed by atoms with Gasteiger partial charge in [-0.15, -0.1) is 11.3 Å². The number of pyridine rings is 1. The van der Waals surface area contributed by atoms with Crippen molar-refractivity contribution in [3.63, 3.8) is 0 Å². The Morgan fingerprint density at radius 3 is 2.77 bits per heavy atom. The Kier molecular flexibility index (Phi) is 5.04. The van der Waals surface area contributed by atoms with E-state index in [1.54, 1.807) is 17.5 Å². The summed E-state index contributed by atoms with van der Waals surface area (Å²) in [5.74, 6) is 0.481. The summed E-state index contributed by atoms with van der Waals surface area (Å²) in [6, 6.07) is 7.85. The van der Waals surface area contributed by atoms with Gasteiger partial charge in [0.1, 0.15) is 0 Å². The molecule has 1 fully saturated rings. The van der Waals surface area contributed by atoms with Crippen molar-refractivity contribution in [3.8, 4) is 0 Å². The number of hydrogen-bond acceptors (Lipinski definition) is 4. The quantitative estimate of drug-likeness (QED) is 0.501. The molecule has 0 aliphatic heterocycles. The van der Waals surface area contributed by atoms with Crippen LogP contribution in [0.25, 0.3) is 10.9 Å². The number of aromatic nitrogens is 2. The number of aliphatic imine (C=N–C) groups is 1. The molecule has 0 atom stereocenters. The van der Waals surface area contributed by atoms with Gasteiger partial charge in [0.2, 0.25) is 5.96 Å². The number of nitrogens with zero attached hydrogens (tertiary/aromatic N) is 4. The van der Waals surface area contributed by atoms with Crippen LogP contribution in [-0.4, -0.2) is 22.0 Å². The van der Waals surface area contributed by atoms with Crippen molar-refractivity contribution in [1.82, 2.24) is 9.97 Å². The average molecular weight is 386 g/mol. The first kappa shape index (κ1) is 17.2. The molecule has 0 bridgehead atoms. The SMILES string of the molecule is NC(=Nc1ccnc2cc(Cl)ccc12)N(c1nccs1)C1CCCCC1. The van der Waals surface area contributed by atoms with Crippen molar-refractivity contribution in [2.24, 2.45) is 10.7 Å². The van der Waals surface area contributed by atoms with Gasteiger partial charge in [0, 0.05) is 34.2 Å². The largest absolute Gasteiger partial charge is 0.369 e. The zero-order chi connectivity index (χ0) is 17.9. The first-order valence-electron chi connectivity index (χ1n) is 8.79. The van der Waals surface area contributed by atoms with Gasteiger partial charge in [0.25, 0.3) is 0 Å². The van der Waals surface area contributed by atoms with Crippen LogP contribution in [0.1, 0.15) is 32.1 Å². The molecule has 134 valence electrons. The Labute approximate surface area is 161 Å². The molecule has 1 aromatic carbocycles. The minimum absolute atomic E-state index is 0.348. The van der Waals surface area contributed by atoms with Crippen LogP contribution in [-0.2, 0) is 0 Å². The Morgan fingerprint density at radius 1 is 1.15 bits per heavy atom. The molecule has 2 aromatic heterocycles. The molecule has 5 nitrogen and oxygen atoms in total. The van der Waals surface area contributed by atoms with E-state index in [1.807, 2.05) is 35.8 Å². The van der Waals surface area contributed by atoms with Crippen LogP contribution < -0.4 is 10.6 Å². The topological polar surface area (TPSA) is 67.4 Å². The maximum atomic E-state index is 6.49. The van der Waals surface area contributed by atoms with Crippen LogP contribution in [0, 0.1) is 0 Å². The third kappa shape index (κ3) is 3.52. The van der Waals surface area contributed by atoms with E-state index >= 15 is 0 Å². The van der Waals surface area contributed by atoms with Gasteiger partial charge >= 0.3 is 0 Å². The predicted molar refractivity (Wildman–Crippen MR) is 110 cm³/mol. The average Bonchev–Trinajstić information content (AvgIpc) is 3.17. The molecule has 1 saturated carbocycles. The maximum Gasteiger partial charge on any atom is 0.203 e. The molecule has 0 saturated heterocycles. The number of benzene rings is 1. The summed E-state index contributed by atoms with van der Waals surface area (Å²) >= 11 is 7.67. The number of hydrogen-bond donors (Lipinski definition) is 1. The molecule has 26 heavy (non-hydrogen) atoms.